The Hall–Kier alpha value is -1.20. The second-order valence-corrected chi connectivity index (χ2v) is 13.1. The fourth-order valence-electron chi connectivity index (χ4n) is 8.69. The average Bonchev–Trinajstić information content (AvgIpc) is 3.31. The molecule has 8 atom stereocenters. The summed E-state index contributed by atoms with van der Waals surface area (Å²) in [5.41, 5.74) is 3.37. The molecule has 2 saturated carbocycles. The molecule has 1 N–H and O–H groups in total. The summed E-state index contributed by atoms with van der Waals surface area (Å²) >= 11 is 7.63. The first-order valence-electron chi connectivity index (χ1n) is 13.2. The van der Waals surface area contributed by atoms with Crippen LogP contribution in [0.25, 0.3) is 6.08 Å². The van der Waals surface area contributed by atoms with Gasteiger partial charge in [0, 0.05) is 23.9 Å². The van der Waals surface area contributed by atoms with Gasteiger partial charge in [-0.1, -0.05) is 31.2 Å². The van der Waals surface area contributed by atoms with Gasteiger partial charge in [-0.2, -0.15) is 0 Å². The molecule has 4 fully saturated rings. The Morgan fingerprint density at radius 3 is 2.76 bits per heavy atom. The number of aliphatic hydroxyl groups is 1. The number of aromatic nitrogens is 1. The van der Waals surface area contributed by atoms with Crippen LogP contribution in [0.5, 0.6) is 0 Å². The van der Waals surface area contributed by atoms with Crippen LogP contribution in [0.15, 0.2) is 36.1 Å². The molecule has 0 amide bonds. The first kappa shape index (κ1) is 23.2. The van der Waals surface area contributed by atoms with Crippen LogP contribution < -0.4 is 0 Å². The predicted octanol–water partition coefficient (Wildman–Crippen LogP) is 5.52. The lowest BCUT2D eigenvalue weighted by Crippen LogP contribution is -2.69. The van der Waals surface area contributed by atoms with Gasteiger partial charge in [0.25, 0.3) is 0 Å². The van der Waals surface area contributed by atoms with Crippen molar-refractivity contribution in [3.05, 3.63) is 47.3 Å². The lowest BCUT2D eigenvalue weighted by molar-refractivity contribution is -0.256. The summed E-state index contributed by atoms with van der Waals surface area (Å²) in [4.78, 5) is 6.32. The number of alkyl halides is 1. The van der Waals surface area contributed by atoms with Crippen LogP contribution in [0, 0.1) is 24.2 Å². The largest absolute Gasteiger partial charge is 0.391 e. The standard InChI is InChI=1S/C29H39ClN2O2/c1-19-20(6-5-15-31-19)7-8-21-9-10-25-26(21,2)11-13-28(30)17-22-16-24(33)23(32(3)4)18-27(22)12-14-29(25,28)34-27/h5-9,15,22-25,33H,10-14,16-18H2,1-4H3/b8-7+/t22?,23-,24?,25?,26?,27+,28?,29-/m0/s1. The van der Waals surface area contributed by atoms with Crippen molar-refractivity contribution in [1.29, 1.82) is 0 Å². The molecule has 5 unspecified atom stereocenters. The SMILES string of the molecule is Cc1ncccc1/C=C/C1=CCC2C1(C)CCC1(Cl)CC3CC(O)[C@@H](N(C)C)C[C@]34CC[C@]21O4. The van der Waals surface area contributed by atoms with Gasteiger partial charge in [-0.3, -0.25) is 4.98 Å². The van der Waals surface area contributed by atoms with Gasteiger partial charge in [0.15, 0.2) is 0 Å². The third kappa shape index (κ3) is 3.04. The third-order valence-corrected chi connectivity index (χ3v) is 11.3. The van der Waals surface area contributed by atoms with Crippen LogP contribution in [-0.2, 0) is 4.74 Å². The minimum absolute atomic E-state index is 0.0818. The maximum absolute atomic E-state index is 10.9. The first-order valence-corrected chi connectivity index (χ1v) is 13.5. The van der Waals surface area contributed by atoms with Gasteiger partial charge >= 0.3 is 0 Å². The molecule has 2 spiro atoms. The molecule has 6 rings (SSSR count). The minimum atomic E-state index is -0.320. The summed E-state index contributed by atoms with van der Waals surface area (Å²) in [5, 5.41) is 10.9. The summed E-state index contributed by atoms with van der Waals surface area (Å²) in [6.07, 6.45) is 16.5. The number of pyridine rings is 1. The van der Waals surface area contributed by atoms with Crippen molar-refractivity contribution in [2.75, 3.05) is 14.1 Å². The Labute approximate surface area is 209 Å². The first-order chi connectivity index (χ1) is 16.1. The molecule has 2 bridgehead atoms. The van der Waals surface area contributed by atoms with E-state index in [9.17, 15) is 5.11 Å². The molecule has 4 nitrogen and oxygen atoms in total. The summed E-state index contributed by atoms with van der Waals surface area (Å²) in [7, 11) is 4.18. The number of hydrogen-bond acceptors (Lipinski definition) is 4. The highest BCUT2D eigenvalue weighted by Crippen LogP contribution is 2.72. The van der Waals surface area contributed by atoms with E-state index in [0.717, 1.165) is 57.1 Å². The van der Waals surface area contributed by atoms with Crippen molar-refractivity contribution >= 4 is 17.7 Å². The molecule has 184 valence electrons. The van der Waals surface area contributed by atoms with E-state index in [1.54, 1.807) is 0 Å². The second-order valence-electron chi connectivity index (χ2n) is 12.3. The Kier molecular flexibility index (Phi) is 5.22. The number of hydrogen-bond donors (Lipinski definition) is 1. The van der Waals surface area contributed by atoms with E-state index in [1.807, 2.05) is 12.3 Å². The highest BCUT2D eigenvalue weighted by atomic mass is 35.5. The van der Waals surface area contributed by atoms with Gasteiger partial charge in [-0.25, -0.2) is 0 Å². The maximum atomic E-state index is 10.9. The molecule has 5 heteroatoms. The molecular weight excluding hydrogens is 444 g/mol. The minimum Gasteiger partial charge on any atom is -0.391 e. The normalized spacial score (nSPS) is 47.4. The molecule has 0 radical (unpaired) electrons. The predicted molar refractivity (Wildman–Crippen MR) is 137 cm³/mol. The number of halogens is 1. The van der Waals surface area contributed by atoms with Crippen molar-refractivity contribution < 1.29 is 9.84 Å². The quantitative estimate of drug-likeness (QED) is 0.576. The average molecular weight is 483 g/mol. The molecule has 34 heavy (non-hydrogen) atoms. The zero-order valence-corrected chi connectivity index (χ0v) is 21.8. The lowest BCUT2D eigenvalue weighted by Gasteiger charge is -2.64. The van der Waals surface area contributed by atoms with Crippen LogP contribution in [0.2, 0.25) is 0 Å². The van der Waals surface area contributed by atoms with Crippen molar-refractivity contribution in [2.24, 2.45) is 17.3 Å². The molecular formula is C29H39ClN2O2. The van der Waals surface area contributed by atoms with Gasteiger partial charge in [0.05, 0.1) is 22.2 Å². The third-order valence-electron chi connectivity index (χ3n) is 10.7. The van der Waals surface area contributed by atoms with E-state index in [0.29, 0.717) is 11.8 Å². The summed E-state index contributed by atoms with van der Waals surface area (Å²) in [6, 6.07) is 4.31. The number of likely N-dealkylation sites (N-methyl/N-ethyl adjacent to an activating group) is 1. The van der Waals surface area contributed by atoms with Gasteiger partial charge in [-0.05, 0) is 101 Å². The number of ether oxygens (including phenoxy) is 1. The smallest absolute Gasteiger partial charge is 0.0921 e. The van der Waals surface area contributed by atoms with Crippen LogP contribution in [0.4, 0.5) is 0 Å². The number of aliphatic hydroxyl groups excluding tert-OH is 1. The van der Waals surface area contributed by atoms with E-state index >= 15 is 0 Å². The van der Waals surface area contributed by atoms with Crippen molar-refractivity contribution in [2.45, 2.75) is 93.4 Å². The lowest BCUT2D eigenvalue weighted by atomic mass is 9.53. The number of aryl methyl sites for hydroxylation is 1. The maximum Gasteiger partial charge on any atom is 0.0921 e. The summed E-state index contributed by atoms with van der Waals surface area (Å²) in [5.74, 6) is 0.768. The fraction of sp³-hybridized carbons (Fsp3) is 0.690. The second kappa shape index (κ2) is 7.65. The number of rotatable bonds is 3. The van der Waals surface area contributed by atoms with E-state index in [4.69, 9.17) is 16.3 Å². The van der Waals surface area contributed by atoms with Gasteiger partial charge < -0.3 is 14.7 Å². The zero-order chi connectivity index (χ0) is 23.9. The molecule has 0 aromatic carbocycles. The van der Waals surface area contributed by atoms with E-state index < -0.39 is 0 Å². The molecule has 1 aromatic rings. The van der Waals surface area contributed by atoms with Crippen LogP contribution >= 0.6 is 11.6 Å². The van der Waals surface area contributed by atoms with Crippen LogP contribution in [-0.4, -0.2) is 57.3 Å². The highest BCUT2D eigenvalue weighted by molar-refractivity contribution is 6.25. The van der Waals surface area contributed by atoms with E-state index in [1.165, 1.54) is 11.1 Å². The van der Waals surface area contributed by atoms with Gasteiger partial charge in [0.2, 0.25) is 0 Å². The number of fused-ring (bicyclic) bond motifs is 1. The molecule has 3 heterocycles. The zero-order valence-electron chi connectivity index (χ0n) is 21.1. The molecule has 1 aromatic heterocycles. The highest BCUT2D eigenvalue weighted by Gasteiger charge is 2.74. The molecule has 2 saturated heterocycles. The van der Waals surface area contributed by atoms with Crippen molar-refractivity contribution in [1.82, 2.24) is 9.88 Å². The fourth-order valence-corrected chi connectivity index (χ4v) is 9.24. The monoisotopic (exact) mass is 482 g/mol. The van der Waals surface area contributed by atoms with Crippen LogP contribution in [0.3, 0.4) is 0 Å². The van der Waals surface area contributed by atoms with Gasteiger partial charge in [0.1, 0.15) is 0 Å². The van der Waals surface area contributed by atoms with E-state index in [-0.39, 0.29) is 33.6 Å². The van der Waals surface area contributed by atoms with Crippen molar-refractivity contribution in [3.8, 4) is 0 Å². The summed E-state index contributed by atoms with van der Waals surface area (Å²) in [6.45, 7) is 4.52. The summed E-state index contributed by atoms with van der Waals surface area (Å²) < 4.78 is 7.38. The number of allylic oxidation sites excluding steroid dienone is 3. The molecule has 2 aliphatic heterocycles. The van der Waals surface area contributed by atoms with Crippen molar-refractivity contribution in [3.63, 3.8) is 0 Å². The molecule has 5 aliphatic rings. The Morgan fingerprint density at radius 1 is 1.18 bits per heavy atom. The Bertz CT molecular complexity index is 1050. The van der Waals surface area contributed by atoms with E-state index in [2.05, 4.69) is 62.1 Å². The Balaban J connectivity index is 1.32. The van der Waals surface area contributed by atoms with Gasteiger partial charge in [-0.15, -0.1) is 11.6 Å². The Morgan fingerprint density at radius 2 is 2.00 bits per heavy atom. The topological polar surface area (TPSA) is 45.6 Å². The number of nitrogens with zero attached hydrogens (tertiary/aromatic N) is 2. The van der Waals surface area contributed by atoms with Crippen LogP contribution in [0.1, 0.15) is 69.5 Å². The molecule has 3 aliphatic carbocycles.